The maximum atomic E-state index is 5.70. The highest BCUT2D eigenvalue weighted by atomic mass is 16.5. The molecule has 112 valence electrons. The average molecular weight is 301 g/mol. The van der Waals surface area contributed by atoms with Crippen molar-refractivity contribution in [2.45, 2.75) is 6.92 Å². The lowest BCUT2D eigenvalue weighted by atomic mass is 9.98. The Balaban J connectivity index is 1.99. The quantitative estimate of drug-likeness (QED) is 0.596. The second-order valence-electron chi connectivity index (χ2n) is 5.34. The molecule has 0 atom stereocenters. The van der Waals surface area contributed by atoms with Crippen LogP contribution < -0.4 is 0 Å². The Hall–Kier alpha value is -3.14. The number of rotatable bonds is 3. The van der Waals surface area contributed by atoms with E-state index in [1.165, 1.54) is 0 Å². The molecule has 4 nitrogen and oxygen atoms in total. The summed E-state index contributed by atoms with van der Waals surface area (Å²) in [5.74, 6) is 0.689. The zero-order valence-corrected chi connectivity index (χ0v) is 12.7. The highest BCUT2D eigenvalue weighted by Gasteiger charge is 2.22. The molecule has 0 aliphatic heterocycles. The third kappa shape index (κ3) is 2.34. The Bertz CT molecular complexity index is 924. The topological polar surface area (TPSA) is 54.7 Å². The first-order valence-electron chi connectivity index (χ1n) is 7.45. The lowest BCUT2D eigenvalue weighted by Crippen LogP contribution is -1.86. The summed E-state index contributed by atoms with van der Waals surface area (Å²) in [5.41, 5.74) is 5.62. The lowest BCUT2D eigenvalue weighted by Gasteiger charge is -2.04. The molecule has 0 aliphatic carbocycles. The summed E-state index contributed by atoms with van der Waals surface area (Å²) >= 11 is 0. The van der Waals surface area contributed by atoms with E-state index < -0.39 is 0 Å². The number of benzene rings is 2. The normalized spacial score (nSPS) is 10.8. The average Bonchev–Trinajstić information content (AvgIpc) is 3.22. The largest absolute Gasteiger partial charge is 0.353 e. The van der Waals surface area contributed by atoms with E-state index in [0.29, 0.717) is 5.76 Å². The minimum Gasteiger partial charge on any atom is -0.353 e. The number of aromatic nitrogens is 3. The number of aryl methyl sites for hydroxylation is 1. The van der Waals surface area contributed by atoms with Crippen LogP contribution in [0.1, 0.15) is 5.69 Å². The molecule has 2 heterocycles. The van der Waals surface area contributed by atoms with E-state index in [1.54, 1.807) is 6.33 Å². The summed E-state index contributed by atoms with van der Waals surface area (Å²) in [5, 5.41) is 4.33. The number of aromatic amines is 1. The smallest absolute Gasteiger partial charge is 0.195 e. The first kappa shape index (κ1) is 13.5. The molecular formula is C19H15N3O. The maximum absolute atomic E-state index is 5.70. The van der Waals surface area contributed by atoms with Crippen molar-refractivity contribution in [1.82, 2.24) is 15.1 Å². The third-order valence-electron chi connectivity index (χ3n) is 3.85. The minimum absolute atomic E-state index is 0.689. The molecule has 23 heavy (non-hydrogen) atoms. The van der Waals surface area contributed by atoms with Gasteiger partial charge in [0.15, 0.2) is 5.76 Å². The fraction of sp³-hybridized carbons (Fsp3) is 0.0526. The Labute approximate surface area is 133 Å². The van der Waals surface area contributed by atoms with E-state index in [2.05, 4.69) is 27.3 Å². The molecule has 0 saturated carbocycles. The molecule has 0 aliphatic rings. The van der Waals surface area contributed by atoms with Gasteiger partial charge in [-0.25, -0.2) is 4.98 Å². The zero-order valence-electron chi connectivity index (χ0n) is 12.7. The molecule has 4 heteroatoms. The van der Waals surface area contributed by atoms with Crippen molar-refractivity contribution in [1.29, 1.82) is 0 Å². The molecule has 0 saturated heterocycles. The van der Waals surface area contributed by atoms with Crippen molar-refractivity contribution >= 4 is 0 Å². The Morgan fingerprint density at radius 1 is 0.826 bits per heavy atom. The van der Waals surface area contributed by atoms with E-state index in [1.807, 2.05) is 55.5 Å². The van der Waals surface area contributed by atoms with Gasteiger partial charge in [-0.3, -0.25) is 0 Å². The van der Waals surface area contributed by atoms with Crippen molar-refractivity contribution in [3.05, 3.63) is 72.7 Å². The summed E-state index contributed by atoms with van der Waals surface area (Å²) < 4.78 is 5.70. The van der Waals surface area contributed by atoms with Crippen LogP contribution in [0.25, 0.3) is 33.8 Å². The monoisotopic (exact) mass is 301 g/mol. The minimum atomic E-state index is 0.689. The number of hydrogen-bond donors (Lipinski definition) is 1. The van der Waals surface area contributed by atoms with Crippen LogP contribution in [0.5, 0.6) is 0 Å². The van der Waals surface area contributed by atoms with Crippen LogP contribution >= 0.6 is 0 Å². The van der Waals surface area contributed by atoms with Gasteiger partial charge in [0.25, 0.3) is 0 Å². The number of nitrogens with one attached hydrogen (secondary N) is 1. The van der Waals surface area contributed by atoms with Gasteiger partial charge in [0.1, 0.15) is 11.4 Å². The summed E-state index contributed by atoms with van der Waals surface area (Å²) in [7, 11) is 0. The van der Waals surface area contributed by atoms with Crippen molar-refractivity contribution in [3.8, 4) is 33.8 Å². The fourth-order valence-corrected chi connectivity index (χ4v) is 2.71. The summed E-state index contributed by atoms with van der Waals surface area (Å²) in [4.78, 5) is 7.49. The van der Waals surface area contributed by atoms with Gasteiger partial charge < -0.3 is 9.51 Å². The molecule has 0 bridgehead atoms. The van der Waals surface area contributed by atoms with Crippen LogP contribution in [0.2, 0.25) is 0 Å². The zero-order chi connectivity index (χ0) is 15.6. The predicted octanol–water partition coefficient (Wildman–Crippen LogP) is 4.71. The van der Waals surface area contributed by atoms with E-state index in [9.17, 15) is 0 Å². The molecule has 2 aromatic carbocycles. The number of H-pyrrole nitrogens is 1. The third-order valence-corrected chi connectivity index (χ3v) is 3.85. The molecular weight excluding hydrogens is 286 g/mol. The van der Waals surface area contributed by atoms with Gasteiger partial charge >= 0.3 is 0 Å². The van der Waals surface area contributed by atoms with Crippen LogP contribution in [-0.4, -0.2) is 15.1 Å². The molecule has 0 amide bonds. The van der Waals surface area contributed by atoms with Crippen molar-refractivity contribution < 1.29 is 4.52 Å². The Kier molecular flexibility index (Phi) is 3.27. The maximum Gasteiger partial charge on any atom is 0.195 e. The van der Waals surface area contributed by atoms with Gasteiger partial charge in [0.05, 0.1) is 11.9 Å². The first-order valence-corrected chi connectivity index (χ1v) is 7.45. The van der Waals surface area contributed by atoms with Gasteiger partial charge in [-0.15, -0.1) is 0 Å². The highest BCUT2D eigenvalue weighted by molar-refractivity contribution is 5.89. The highest BCUT2D eigenvalue weighted by Crippen LogP contribution is 2.39. The molecule has 0 unspecified atom stereocenters. The second kappa shape index (κ2) is 5.57. The van der Waals surface area contributed by atoms with Gasteiger partial charge in [0.2, 0.25) is 0 Å². The van der Waals surface area contributed by atoms with Gasteiger partial charge in [0, 0.05) is 11.3 Å². The molecule has 0 fully saturated rings. The van der Waals surface area contributed by atoms with Crippen molar-refractivity contribution in [2.75, 3.05) is 0 Å². The van der Waals surface area contributed by atoms with Crippen LogP contribution in [-0.2, 0) is 0 Å². The summed E-state index contributed by atoms with van der Waals surface area (Å²) in [6, 6.07) is 20.2. The molecule has 1 N–H and O–H groups in total. The fourth-order valence-electron chi connectivity index (χ4n) is 2.71. The van der Waals surface area contributed by atoms with E-state index in [0.717, 1.165) is 33.8 Å². The summed E-state index contributed by atoms with van der Waals surface area (Å²) in [6.45, 7) is 1.97. The van der Waals surface area contributed by atoms with Crippen molar-refractivity contribution in [2.24, 2.45) is 0 Å². The first-order chi connectivity index (χ1) is 11.3. The van der Waals surface area contributed by atoms with Crippen LogP contribution in [0.3, 0.4) is 0 Å². The molecule has 4 rings (SSSR count). The van der Waals surface area contributed by atoms with Crippen molar-refractivity contribution in [3.63, 3.8) is 0 Å². The molecule has 0 spiro atoms. The second-order valence-corrected chi connectivity index (χ2v) is 5.34. The Morgan fingerprint density at radius 2 is 1.48 bits per heavy atom. The standard InChI is InChI=1S/C19H15N3O/c1-13-17(21-12-20-13)19-16(14-8-4-2-5-9-14)18(22-23-19)15-10-6-3-7-11-15/h2-12H,1H3,(H,20,21). The van der Waals surface area contributed by atoms with E-state index >= 15 is 0 Å². The predicted molar refractivity (Wildman–Crippen MR) is 89.7 cm³/mol. The molecule has 4 aromatic rings. The molecule has 0 radical (unpaired) electrons. The van der Waals surface area contributed by atoms with Gasteiger partial charge in [-0.2, -0.15) is 0 Å². The SMILES string of the molecule is Cc1[nH]cnc1-c1onc(-c2ccccc2)c1-c1ccccc1. The van der Waals surface area contributed by atoms with Crippen LogP contribution in [0, 0.1) is 6.92 Å². The summed E-state index contributed by atoms with van der Waals surface area (Å²) in [6.07, 6.45) is 1.67. The van der Waals surface area contributed by atoms with E-state index in [4.69, 9.17) is 4.52 Å². The lowest BCUT2D eigenvalue weighted by molar-refractivity contribution is 0.434. The van der Waals surface area contributed by atoms with Gasteiger partial charge in [-0.05, 0) is 12.5 Å². The van der Waals surface area contributed by atoms with E-state index in [-0.39, 0.29) is 0 Å². The van der Waals surface area contributed by atoms with Gasteiger partial charge in [-0.1, -0.05) is 65.8 Å². The van der Waals surface area contributed by atoms with Crippen LogP contribution in [0.4, 0.5) is 0 Å². The van der Waals surface area contributed by atoms with Crippen LogP contribution in [0.15, 0.2) is 71.5 Å². The Morgan fingerprint density at radius 3 is 2.09 bits per heavy atom. The number of hydrogen-bond acceptors (Lipinski definition) is 3. The molecule has 2 aromatic heterocycles. The number of nitrogens with zero attached hydrogens (tertiary/aromatic N) is 2. The number of imidazole rings is 1.